The molecule has 168 valence electrons. The molecule has 0 radical (unpaired) electrons. The van der Waals surface area contributed by atoms with E-state index >= 15 is 0 Å². The lowest BCUT2D eigenvalue weighted by atomic mass is 10.1. The normalized spacial score (nSPS) is 10.1. The van der Waals surface area contributed by atoms with Crippen LogP contribution in [0.25, 0.3) is 10.9 Å². The Morgan fingerprint density at radius 1 is 1.06 bits per heavy atom. The topological polar surface area (TPSA) is 55.2 Å². The second-order valence-electron chi connectivity index (χ2n) is 7.23. The van der Waals surface area contributed by atoms with Crippen LogP contribution in [0.15, 0.2) is 60.8 Å². The van der Waals surface area contributed by atoms with E-state index in [0.29, 0.717) is 5.69 Å². The second-order valence-corrected chi connectivity index (χ2v) is 8.41. The molecule has 0 saturated carbocycles. The first-order valence-electron chi connectivity index (χ1n) is 10.2. The third-order valence-electron chi connectivity index (χ3n) is 5.05. The Morgan fingerprint density at radius 3 is 2.38 bits per heavy atom. The van der Waals surface area contributed by atoms with Gasteiger partial charge in [-0.2, -0.15) is 0 Å². The van der Waals surface area contributed by atoms with E-state index < -0.39 is 0 Å². The molecule has 2 heterocycles. The molecule has 0 unspecified atom stereocenters. The van der Waals surface area contributed by atoms with Crippen LogP contribution in [0.2, 0.25) is 0 Å². The third-order valence-corrected chi connectivity index (χ3v) is 6.10. The van der Waals surface area contributed by atoms with E-state index in [4.69, 9.17) is 4.79 Å². The highest BCUT2D eigenvalue weighted by Crippen LogP contribution is 2.27. The smallest absolute Gasteiger partial charge is 0.186 e. The number of fused-ring (bicyclic) bond motifs is 1. The molecule has 6 heteroatoms. The fourth-order valence-corrected chi connectivity index (χ4v) is 4.47. The van der Waals surface area contributed by atoms with Gasteiger partial charge < -0.3 is 14.3 Å². The Kier molecular flexibility index (Phi) is 9.35. The minimum absolute atomic E-state index is 0. The van der Waals surface area contributed by atoms with Gasteiger partial charge in [-0.05, 0) is 37.5 Å². The van der Waals surface area contributed by atoms with Crippen molar-refractivity contribution in [3.63, 3.8) is 0 Å². The fourth-order valence-electron chi connectivity index (χ4n) is 3.56. The van der Waals surface area contributed by atoms with E-state index in [1.165, 1.54) is 29.0 Å². The molecule has 4 aromatic rings. The van der Waals surface area contributed by atoms with Crippen LogP contribution in [-0.4, -0.2) is 28.7 Å². The Bertz CT molecular complexity index is 1150. The maximum Gasteiger partial charge on any atom is 0.186 e. The molecule has 0 aliphatic rings. The van der Waals surface area contributed by atoms with Crippen molar-refractivity contribution in [2.75, 3.05) is 11.4 Å². The molecule has 32 heavy (non-hydrogen) atoms. The maximum atomic E-state index is 11.3. The molecule has 0 saturated heterocycles. The largest absolute Gasteiger partial charge is 0.350 e. The van der Waals surface area contributed by atoms with Crippen LogP contribution < -0.4 is 4.90 Å². The standard InChI is InChI=1S/C23H23N3OS.C2H4O.CH4/c1-17-21(16-27)24-23(28-17)26(14-18-8-4-3-5-9-18)13-12-19-15-25(2)22-11-7-6-10-20(19)22;1-2-3;/h3-11,15-16H,12-14H2,1-2H3;2H,1H3;1H4. The molecule has 0 fully saturated rings. The molecule has 2 aromatic carbocycles. The average molecular weight is 450 g/mol. The van der Waals surface area contributed by atoms with Gasteiger partial charge in [-0.3, -0.25) is 4.79 Å². The number of hydrogen-bond acceptors (Lipinski definition) is 5. The monoisotopic (exact) mass is 449 g/mol. The van der Waals surface area contributed by atoms with Crippen LogP contribution in [0.5, 0.6) is 0 Å². The van der Waals surface area contributed by atoms with Crippen molar-refractivity contribution in [1.29, 1.82) is 0 Å². The van der Waals surface area contributed by atoms with Crippen molar-refractivity contribution in [2.24, 2.45) is 7.05 Å². The van der Waals surface area contributed by atoms with Gasteiger partial charge in [0, 0.05) is 42.1 Å². The summed E-state index contributed by atoms with van der Waals surface area (Å²) in [4.78, 5) is 27.9. The van der Waals surface area contributed by atoms with Gasteiger partial charge in [-0.15, -0.1) is 11.3 Å². The minimum Gasteiger partial charge on any atom is -0.350 e. The number of aldehydes is 2. The molecule has 0 bridgehead atoms. The molecular weight excluding hydrogens is 418 g/mol. The summed E-state index contributed by atoms with van der Waals surface area (Å²) in [7, 11) is 2.09. The molecule has 0 atom stereocenters. The summed E-state index contributed by atoms with van der Waals surface area (Å²) in [6.07, 6.45) is 4.74. The van der Waals surface area contributed by atoms with Gasteiger partial charge in [0.25, 0.3) is 0 Å². The Morgan fingerprint density at radius 2 is 1.72 bits per heavy atom. The van der Waals surface area contributed by atoms with Crippen LogP contribution in [0.1, 0.15) is 40.8 Å². The minimum atomic E-state index is 0. The predicted octanol–water partition coefficient (Wildman–Crippen LogP) is 5.85. The number of rotatable bonds is 7. The third kappa shape index (κ3) is 5.92. The first-order valence-corrected chi connectivity index (χ1v) is 11.0. The molecule has 2 aromatic heterocycles. The summed E-state index contributed by atoms with van der Waals surface area (Å²) < 4.78 is 2.18. The zero-order valence-electron chi connectivity index (χ0n) is 18.1. The van der Waals surface area contributed by atoms with Crippen LogP contribution in [0, 0.1) is 6.92 Å². The molecule has 4 rings (SSSR count). The van der Waals surface area contributed by atoms with E-state index in [2.05, 4.69) is 76.2 Å². The predicted molar refractivity (Wildman–Crippen MR) is 135 cm³/mol. The second kappa shape index (κ2) is 12.0. The number of nitrogens with zero attached hydrogens (tertiary/aromatic N) is 3. The first-order chi connectivity index (χ1) is 15.1. The van der Waals surface area contributed by atoms with Crippen molar-refractivity contribution < 1.29 is 9.59 Å². The number of carbonyl (C=O) groups is 2. The Labute approximate surface area is 194 Å². The van der Waals surface area contributed by atoms with E-state index in [1.807, 2.05) is 13.0 Å². The molecule has 0 N–H and O–H groups in total. The Balaban J connectivity index is 0.000000860. The van der Waals surface area contributed by atoms with Crippen molar-refractivity contribution in [2.45, 2.75) is 34.2 Å². The van der Waals surface area contributed by atoms with E-state index in [0.717, 1.165) is 42.1 Å². The van der Waals surface area contributed by atoms with Crippen molar-refractivity contribution in [3.8, 4) is 0 Å². The lowest BCUT2D eigenvalue weighted by Crippen LogP contribution is -2.25. The van der Waals surface area contributed by atoms with Crippen molar-refractivity contribution >= 4 is 39.9 Å². The average Bonchev–Trinajstić information content (AvgIpc) is 3.32. The fraction of sp³-hybridized carbons (Fsp3) is 0.269. The zero-order valence-corrected chi connectivity index (χ0v) is 18.9. The molecule has 0 spiro atoms. The summed E-state index contributed by atoms with van der Waals surface area (Å²) in [5.74, 6) is 0. The van der Waals surface area contributed by atoms with E-state index in [-0.39, 0.29) is 7.43 Å². The number of aryl methyl sites for hydroxylation is 2. The molecular formula is C26H31N3O2S. The highest BCUT2D eigenvalue weighted by molar-refractivity contribution is 7.15. The van der Waals surface area contributed by atoms with Gasteiger partial charge >= 0.3 is 0 Å². The van der Waals surface area contributed by atoms with E-state index in [1.54, 1.807) is 11.3 Å². The summed E-state index contributed by atoms with van der Waals surface area (Å²) in [5.41, 5.74) is 4.37. The number of aromatic nitrogens is 2. The number of thiazole rings is 1. The molecule has 0 aliphatic carbocycles. The molecule has 5 nitrogen and oxygen atoms in total. The van der Waals surface area contributed by atoms with Gasteiger partial charge in [0.2, 0.25) is 0 Å². The van der Waals surface area contributed by atoms with Crippen LogP contribution in [0.4, 0.5) is 5.13 Å². The van der Waals surface area contributed by atoms with Crippen molar-refractivity contribution in [3.05, 3.63) is 82.5 Å². The summed E-state index contributed by atoms with van der Waals surface area (Å²) in [5, 5.41) is 2.21. The highest BCUT2D eigenvalue weighted by atomic mass is 32.1. The number of para-hydroxylation sites is 1. The number of benzene rings is 2. The molecule has 0 aliphatic heterocycles. The zero-order chi connectivity index (χ0) is 22.2. The summed E-state index contributed by atoms with van der Waals surface area (Å²) >= 11 is 1.59. The number of anilines is 1. The van der Waals surface area contributed by atoms with Gasteiger partial charge in [0.15, 0.2) is 11.4 Å². The van der Waals surface area contributed by atoms with Gasteiger partial charge in [0.05, 0.1) is 0 Å². The maximum absolute atomic E-state index is 11.3. The first kappa shape index (κ1) is 25.0. The summed E-state index contributed by atoms with van der Waals surface area (Å²) in [6.45, 7) is 5.02. The van der Waals surface area contributed by atoms with Gasteiger partial charge in [-0.25, -0.2) is 4.98 Å². The lowest BCUT2D eigenvalue weighted by molar-refractivity contribution is -0.106. The lowest BCUT2D eigenvalue weighted by Gasteiger charge is -2.22. The van der Waals surface area contributed by atoms with Gasteiger partial charge in [-0.1, -0.05) is 56.0 Å². The quantitative estimate of drug-likeness (QED) is 0.332. The van der Waals surface area contributed by atoms with E-state index in [9.17, 15) is 4.79 Å². The molecule has 0 amide bonds. The SMILES string of the molecule is C.CC=O.Cc1sc(N(CCc2cn(C)c3ccccc23)Cc2ccccc2)nc1C=O. The van der Waals surface area contributed by atoms with Crippen LogP contribution >= 0.6 is 11.3 Å². The number of hydrogen-bond donors (Lipinski definition) is 0. The van der Waals surface area contributed by atoms with Crippen LogP contribution in [0.3, 0.4) is 0 Å². The van der Waals surface area contributed by atoms with Crippen LogP contribution in [-0.2, 0) is 24.8 Å². The Hall–Kier alpha value is -3.25. The van der Waals surface area contributed by atoms with Crippen molar-refractivity contribution in [1.82, 2.24) is 9.55 Å². The van der Waals surface area contributed by atoms with Gasteiger partial charge in [0.1, 0.15) is 12.0 Å². The highest BCUT2D eigenvalue weighted by Gasteiger charge is 2.16. The summed E-state index contributed by atoms with van der Waals surface area (Å²) in [6, 6.07) is 18.9. The number of carbonyl (C=O) groups excluding carboxylic acids is 2.